The third-order valence-electron chi connectivity index (χ3n) is 2.95. The molecule has 0 bridgehead atoms. The predicted molar refractivity (Wildman–Crippen MR) is 80.6 cm³/mol. The highest BCUT2D eigenvalue weighted by Crippen LogP contribution is 2.19. The number of carboxylic acid groups (broad SMARTS) is 1. The first kappa shape index (κ1) is 16.3. The van der Waals surface area contributed by atoms with Gasteiger partial charge in [0.05, 0.1) is 6.61 Å². The van der Waals surface area contributed by atoms with Crippen LogP contribution < -0.4 is 15.0 Å². The lowest BCUT2D eigenvalue weighted by atomic mass is 10.2. The Bertz CT molecular complexity index is 421. The number of nitrogens with one attached hydrogen (secondary N) is 1. The van der Waals surface area contributed by atoms with Crippen LogP contribution in [0.3, 0.4) is 0 Å². The number of ether oxygens (including phenoxy) is 1. The van der Waals surface area contributed by atoms with E-state index in [1.165, 1.54) is 0 Å². The Labute approximate surface area is 120 Å². The molecule has 20 heavy (non-hydrogen) atoms. The molecule has 1 aromatic carbocycles. The Morgan fingerprint density at radius 1 is 1.45 bits per heavy atom. The van der Waals surface area contributed by atoms with Gasteiger partial charge in [0, 0.05) is 32.3 Å². The lowest BCUT2D eigenvalue weighted by molar-refractivity contribution is -0.139. The van der Waals surface area contributed by atoms with Gasteiger partial charge in [0.2, 0.25) is 0 Å². The van der Waals surface area contributed by atoms with Crippen molar-refractivity contribution >= 4 is 11.7 Å². The van der Waals surface area contributed by atoms with Crippen LogP contribution in [0.1, 0.15) is 19.8 Å². The van der Waals surface area contributed by atoms with Crippen molar-refractivity contribution in [1.82, 2.24) is 5.32 Å². The molecule has 5 heteroatoms. The highest BCUT2D eigenvalue weighted by atomic mass is 16.5. The van der Waals surface area contributed by atoms with Crippen molar-refractivity contribution in [2.24, 2.45) is 0 Å². The van der Waals surface area contributed by atoms with Gasteiger partial charge < -0.3 is 20.1 Å². The van der Waals surface area contributed by atoms with E-state index in [0.717, 1.165) is 17.9 Å². The fraction of sp³-hybridized carbons (Fsp3) is 0.533. The summed E-state index contributed by atoms with van der Waals surface area (Å²) in [6.07, 6.45) is 1.36. The second kappa shape index (κ2) is 8.43. The number of anilines is 1. The summed E-state index contributed by atoms with van der Waals surface area (Å²) in [6.45, 7) is 3.09. The molecule has 112 valence electrons. The molecule has 0 aliphatic heterocycles. The fourth-order valence-electron chi connectivity index (χ4n) is 1.78. The molecular weight excluding hydrogens is 256 g/mol. The third-order valence-corrected chi connectivity index (χ3v) is 2.95. The summed E-state index contributed by atoms with van der Waals surface area (Å²) < 4.78 is 5.63. The number of carboxylic acids is 1. The summed E-state index contributed by atoms with van der Waals surface area (Å²) in [6, 6.07) is 7.19. The quantitative estimate of drug-likeness (QED) is 0.724. The Morgan fingerprint density at radius 2 is 2.20 bits per heavy atom. The number of hydrogen-bond donors (Lipinski definition) is 2. The maximum absolute atomic E-state index is 11.1. The predicted octanol–water partition coefficient (Wildman–Crippen LogP) is 1.97. The molecule has 0 aliphatic carbocycles. The molecule has 0 amide bonds. The number of benzene rings is 1. The van der Waals surface area contributed by atoms with E-state index in [2.05, 4.69) is 5.32 Å². The molecular formula is C15H24N2O3. The second-order valence-electron chi connectivity index (χ2n) is 4.87. The smallest absolute Gasteiger partial charge is 0.320 e. The summed E-state index contributed by atoms with van der Waals surface area (Å²) in [5.41, 5.74) is 1.06. The van der Waals surface area contributed by atoms with E-state index in [1.807, 2.05) is 50.2 Å². The molecule has 0 spiro atoms. The highest BCUT2D eigenvalue weighted by Gasteiger charge is 2.15. The Hall–Kier alpha value is -1.75. The molecule has 0 radical (unpaired) electrons. The molecule has 0 heterocycles. The van der Waals surface area contributed by atoms with Crippen molar-refractivity contribution in [2.75, 3.05) is 32.1 Å². The molecule has 1 aromatic rings. The molecule has 1 rings (SSSR count). The van der Waals surface area contributed by atoms with Crippen molar-refractivity contribution in [3.8, 4) is 5.75 Å². The SMILES string of the molecule is CCCNC(CCOc1cccc(N(C)C)c1)C(=O)O. The zero-order chi connectivity index (χ0) is 15.0. The van der Waals surface area contributed by atoms with E-state index in [4.69, 9.17) is 9.84 Å². The second-order valence-corrected chi connectivity index (χ2v) is 4.87. The van der Waals surface area contributed by atoms with E-state index in [1.54, 1.807) is 0 Å². The van der Waals surface area contributed by atoms with Gasteiger partial charge >= 0.3 is 5.97 Å². The zero-order valence-electron chi connectivity index (χ0n) is 12.4. The molecule has 5 nitrogen and oxygen atoms in total. The summed E-state index contributed by atoms with van der Waals surface area (Å²) in [7, 11) is 3.93. The summed E-state index contributed by atoms with van der Waals surface area (Å²) in [5.74, 6) is -0.0695. The normalized spacial score (nSPS) is 11.9. The highest BCUT2D eigenvalue weighted by molar-refractivity contribution is 5.73. The van der Waals surface area contributed by atoms with Crippen LogP contribution in [0.15, 0.2) is 24.3 Å². The van der Waals surface area contributed by atoms with Crippen molar-refractivity contribution in [2.45, 2.75) is 25.8 Å². The van der Waals surface area contributed by atoms with Gasteiger partial charge in [0.25, 0.3) is 0 Å². The van der Waals surface area contributed by atoms with Gasteiger partial charge in [-0.15, -0.1) is 0 Å². The van der Waals surface area contributed by atoms with Gasteiger partial charge in [-0.3, -0.25) is 4.79 Å². The average molecular weight is 280 g/mol. The third kappa shape index (κ3) is 5.48. The molecule has 0 aromatic heterocycles. The first-order valence-electron chi connectivity index (χ1n) is 6.91. The first-order valence-corrected chi connectivity index (χ1v) is 6.91. The van der Waals surface area contributed by atoms with Crippen molar-refractivity contribution in [1.29, 1.82) is 0 Å². The summed E-state index contributed by atoms with van der Waals surface area (Å²) in [4.78, 5) is 13.1. The van der Waals surface area contributed by atoms with E-state index in [-0.39, 0.29) is 0 Å². The van der Waals surface area contributed by atoms with Crippen LogP contribution in [0.2, 0.25) is 0 Å². The average Bonchev–Trinajstić information content (AvgIpc) is 2.42. The number of nitrogens with zero attached hydrogens (tertiary/aromatic N) is 1. The summed E-state index contributed by atoms with van der Waals surface area (Å²) in [5, 5.41) is 12.1. The molecule has 0 saturated carbocycles. The Morgan fingerprint density at radius 3 is 2.80 bits per heavy atom. The van der Waals surface area contributed by atoms with Crippen molar-refractivity contribution in [3.05, 3.63) is 24.3 Å². The molecule has 1 atom stereocenters. The molecule has 1 unspecified atom stereocenters. The van der Waals surface area contributed by atoms with Crippen molar-refractivity contribution < 1.29 is 14.6 Å². The Kier molecular flexibility index (Phi) is 6.87. The number of aliphatic carboxylic acids is 1. The fourth-order valence-corrected chi connectivity index (χ4v) is 1.78. The molecule has 2 N–H and O–H groups in total. The van der Waals surface area contributed by atoms with Gasteiger partial charge in [-0.2, -0.15) is 0 Å². The molecule has 0 fully saturated rings. The van der Waals surface area contributed by atoms with Crippen LogP contribution in [0, 0.1) is 0 Å². The number of carbonyl (C=O) groups is 1. The minimum atomic E-state index is -0.830. The first-order chi connectivity index (χ1) is 9.54. The van der Waals surface area contributed by atoms with Crippen LogP contribution in [0.4, 0.5) is 5.69 Å². The van der Waals surface area contributed by atoms with Crippen LogP contribution in [-0.4, -0.2) is 44.4 Å². The lowest BCUT2D eigenvalue weighted by Gasteiger charge is -2.16. The zero-order valence-corrected chi connectivity index (χ0v) is 12.4. The molecule has 0 aliphatic rings. The minimum Gasteiger partial charge on any atom is -0.493 e. The maximum atomic E-state index is 11.1. The van der Waals surface area contributed by atoms with Crippen molar-refractivity contribution in [3.63, 3.8) is 0 Å². The van der Waals surface area contributed by atoms with E-state index in [9.17, 15) is 4.79 Å². The van der Waals surface area contributed by atoms with Gasteiger partial charge in [-0.25, -0.2) is 0 Å². The minimum absolute atomic E-state index is 0.380. The summed E-state index contributed by atoms with van der Waals surface area (Å²) >= 11 is 0. The van der Waals surface area contributed by atoms with Crippen LogP contribution in [0.5, 0.6) is 5.75 Å². The molecule has 0 saturated heterocycles. The monoisotopic (exact) mass is 280 g/mol. The van der Waals surface area contributed by atoms with Gasteiger partial charge in [-0.1, -0.05) is 13.0 Å². The van der Waals surface area contributed by atoms with Gasteiger partial charge in [-0.05, 0) is 25.1 Å². The number of hydrogen-bond acceptors (Lipinski definition) is 4. The van der Waals surface area contributed by atoms with Crippen LogP contribution >= 0.6 is 0 Å². The lowest BCUT2D eigenvalue weighted by Crippen LogP contribution is -2.38. The Balaban J connectivity index is 2.46. The van der Waals surface area contributed by atoms with E-state index in [0.29, 0.717) is 19.6 Å². The van der Waals surface area contributed by atoms with Crippen LogP contribution in [-0.2, 0) is 4.79 Å². The standard InChI is InChI=1S/C15H24N2O3/c1-4-9-16-14(15(18)19)8-10-20-13-7-5-6-12(11-13)17(2)3/h5-7,11,14,16H,4,8-10H2,1-3H3,(H,18,19). The maximum Gasteiger partial charge on any atom is 0.320 e. The topological polar surface area (TPSA) is 61.8 Å². The van der Waals surface area contributed by atoms with Gasteiger partial charge in [0.15, 0.2) is 0 Å². The van der Waals surface area contributed by atoms with Crippen LogP contribution in [0.25, 0.3) is 0 Å². The van der Waals surface area contributed by atoms with E-state index >= 15 is 0 Å². The van der Waals surface area contributed by atoms with Gasteiger partial charge in [0.1, 0.15) is 11.8 Å². The van der Waals surface area contributed by atoms with E-state index < -0.39 is 12.0 Å². The number of rotatable bonds is 9. The largest absolute Gasteiger partial charge is 0.493 e.